The van der Waals surface area contributed by atoms with Crippen LogP contribution >= 0.6 is 0 Å². The Kier molecular flexibility index (Phi) is 6.70. The lowest BCUT2D eigenvalue weighted by molar-refractivity contribution is -0.119. The van der Waals surface area contributed by atoms with Gasteiger partial charge in [0, 0.05) is 31.7 Å². The monoisotopic (exact) mass is 457 g/mol. The van der Waals surface area contributed by atoms with E-state index in [4.69, 9.17) is 4.74 Å². The zero-order valence-corrected chi connectivity index (χ0v) is 18.9. The summed E-state index contributed by atoms with van der Waals surface area (Å²) < 4.78 is 32.2. The summed E-state index contributed by atoms with van der Waals surface area (Å²) >= 11 is 0. The molecule has 11 heteroatoms. The van der Waals surface area contributed by atoms with E-state index < -0.39 is 28.5 Å². The molecule has 3 rings (SSSR count). The van der Waals surface area contributed by atoms with E-state index in [0.717, 1.165) is 15.7 Å². The highest BCUT2D eigenvalue weighted by atomic mass is 32.2. The second-order valence-electron chi connectivity index (χ2n) is 7.18. The number of nitrogens with zero attached hydrogens (tertiary/aromatic N) is 4. The maximum atomic E-state index is 12.2. The Hall–Kier alpha value is -3.57. The third-order valence-electron chi connectivity index (χ3n) is 4.44. The molecule has 0 spiro atoms. The van der Waals surface area contributed by atoms with Crippen LogP contribution in [0.5, 0.6) is 0 Å². The fraction of sp³-hybridized carbons (Fsp3) is 0.238. The molecule has 0 atom stereocenters. The number of aryl methyl sites for hydroxylation is 2. The first kappa shape index (κ1) is 23.1. The first-order chi connectivity index (χ1) is 15.1. The summed E-state index contributed by atoms with van der Waals surface area (Å²) in [5.74, 6) is -0.765. The number of nitrogens with one attached hydrogen (secondary N) is 1. The van der Waals surface area contributed by atoms with E-state index in [-0.39, 0.29) is 16.1 Å². The third kappa shape index (κ3) is 5.18. The summed E-state index contributed by atoms with van der Waals surface area (Å²) in [4.78, 5) is 28.6. The van der Waals surface area contributed by atoms with Crippen molar-refractivity contribution in [2.75, 3.05) is 26.0 Å². The van der Waals surface area contributed by atoms with Gasteiger partial charge in [0.15, 0.2) is 12.4 Å². The quantitative estimate of drug-likeness (QED) is 0.538. The van der Waals surface area contributed by atoms with Crippen molar-refractivity contribution < 1.29 is 22.7 Å². The average molecular weight is 458 g/mol. The number of hydrogen-bond donors (Lipinski definition) is 1. The van der Waals surface area contributed by atoms with Crippen molar-refractivity contribution in [1.82, 2.24) is 19.1 Å². The lowest BCUT2D eigenvalue weighted by atomic mass is 10.3. The molecule has 10 nitrogen and oxygen atoms in total. The Labute approximate surface area is 185 Å². The van der Waals surface area contributed by atoms with Gasteiger partial charge in [-0.25, -0.2) is 27.2 Å². The Morgan fingerprint density at radius 3 is 2.47 bits per heavy atom. The molecule has 1 aromatic carbocycles. The van der Waals surface area contributed by atoms with Gasteiger partial charge in [0.25, 0.3) is 5.91 Å². The largest absolute Gasteiger partial charge is 0.452 e. The van der Waals surface area contributed by atoms with Crippen molar-refractivity contribution in [3.8, 4) is 5.82 Å². The number of carbonyl (C=O) groups is 2. The minimum Gasteiger partial charge on any atom is -0.452 e. The van der Waals surface area contributed by atoms with Gasteiger partial charge in [-0.15, -0.1) is 0 Å². The van der Waals surface area contributed by atoms with Gasteiger partial charge in [0.05, 0.1) is 16.2 Å². The van der Waals surface area contributed by atoms with Crippen LogP contribution in [0.3, 0.4) is 0 Å². The fourth-order valence-corrected chi connectivity index (χ4v) is 3.80. The van der Waals surface area contributed by atoms with E-state index >= 15 is 0 Å². The first-order valence-corrected chi connectivity index (χ1v) is 11.0. The van der Waals surface area contributed by atoms with Crippen molar-refractivity contribution in [2.45, 2.75) is 18.7 Å². The van der Waals surface area contributed by atoms with Crippen LogP contribution in [0, 0.1) is 13.8 Å². The Morgan fingerprint density at radius 1 is 1.12 bits per heavy atom. The molecule has 32 heavy (non-hydrogen) atoms. The van der Waals surface area contributed by atoms with E-state index in [0.29, 0.717) is 5.82 Å². The van der Waals surface area contributed by atoms with E-state index in [1.54, 1.807) is 10.7 Å². The molecule has 0 bridgehead atoms. The maximum absolute atomic E-state index is 12.2. The molecule has 2 heterocycles. The number of esters is 1. The molecule has 0 saturated heterocycles. The summed E-state index contributed by atoms with van der Waals surface area (Å²) in [6.45, 7) is 3.23. The summed E-state index contributed by atoms with van der Waals surface area (Å²) in [6.07, 6.45) is 1.35. The highest BCUT2D eigenvalue weighted by Gasteiger charge is 2.18. The fourth-order valence-electron chi connectivity index (χ4n) is 2.85. The number of aromatic nitrogens is 3. The average Bonchev–Trinajstić information content (AvgIpc) is 3.10. The lowest BCUT2D eigenvalue weighted by Gasteiger charge is -2.12. The number of ether oxygens (including phenoxy) is 1. The summed E-state index contributed by atoms with van der Waals surface area (Å²) in [5, 5.41) is 6.84. The Morgan fingerprint density at radius 2 is 1.88 bits per heavy atom. The number of amides is 1. The van der Waals surface area contributed by atoms with Gasteiger partial charge in [-0.1, -0.05) is 6.07 Å². The first-order valence-electron chi connectivity index (χ1n) is 9.57. The molecule has 2 aromatic heterocycles. The minimum absolute atomic E-state index is 0.0334. The summed E-state index contributed by atoms with van der Waals surface area (Å²) in [6, 6.07) is 10.9. The predicted octanol–water partition coefficient (Wildman–Crippen LogP) is 1.93. The van der Waals surface area contributed by atoms with Gasteiger partial charge < -0.3 is 10.1 Å². The normalized spacial score (nSPS) is 11.4. The number of sulfonamides is 1. The van der Waals surface area contributed by atoms with Crippen LogP contribution < -0.4 is 5.32 Å². The number of pyridine rings is 1. The SMILES string of the molecule is Cc1cc(C)n(-c2ccc(C(=O)OCC(=O)Nc3cccc(S(=O)(=O)N(C)C)c3)cn2)n1. The topological polar surface area (TPSA) is 123 Å². The van der Waals surface area contributed by atoms with Crippen LogP contribution in [-0.4, -0.2) is 60.1 Å². The molecule has 0 unspecified atom stereocenters. The molecule has 0 saturated carbocycles. The molecule has 0 aliphatic carbocycles. The molecule has 0 fully saturated rings. The van der Waals surface area contributed by atoms with Crippen molar-refractivity contribution in [2.24, 2.45) is 0 Å². The number of carbonyl (C=O) groups excluding carboxylic acids is 2. The van der Waals surface area contributed by atoms with Gasteiger partial charge in [-0.05, 0) is 50.2 Å². The standard InChI is InChI=1S/C21H23N5O5S/c1-14-10-15(2)26(24-14)19-9-8-16(12-22-19)21(28)31-13-20(27)23-17-6-5-7-18(11-17)32(29,30)25(3)4/h5-12H,13H2,1-4H3,(H,23,27). The number of anilines is 1. The van der Waals surface area contributed by atoms with Gasteiger partial charge in [-0.3, -0.25) is 4.79 Å². The van der Waals surface area contributed by atoms with Crippen LogP contribution in [0.2, 0.25) is 0 Å². The molecule has 168 valence electrons. The zero-order valence-electron chi connectivity index (χ0n) is 18.1. The van der Waals surface area contributed by atoms with Crippen LogP contribution in [0.4, 0.5) is 5.69 Å². The van der Waals surface area contributed by atoms with Crippen LogP contribution in [-0.2, 0) is 19.6 Å². The minimum atomic E-state index is -3.64. The van der Waals surface area contributed by atoms with Crippen molar-refractivity contribution >= 4 is 27.6 Å². The molecular weight excluding hydrogens is 434 g/mol. The van der Waals surface area contributed by atoms with Crippen molar-refractivity contribution in [3.63, 3.8) is 0 Å². The molecule has 0 aliphatic rings. The Balaban J connectivity index is 1.59. The van der Waals surface area contributed by atoms with E-state index in [1.165, 1.54) is 50.6 Å². The van der Waals surface area contributed by atoms with Gasteiger partial charge >= 0.3 is 5.97 Å². The molecule has 1 N–H and O–H groups in total. The lowest BCUT2D eigenvalue weighted by Crippen LogP contribution is -2.23. The maximum Gasteiger partial charge on any atom is 0.340 e. The van der Waals surface area contributed by atoms with Gasteiger partial charge in [-0.2, -0.15) is 5.10 Å². The van der Waals surface area contributed by atoms with Gasteiger partial charge in [0.2, 0.25) is 10.0 Å². The molecule has 0 radical (unpaired) electrons. The second-order valence-corrected chi connectivity index (χ2v) is 9.34. The highest BCUT2D eigenvalue weighted by Crippen LogP contribution is 2.18. The molecule has 1 amide bonds. The Bertz CT molecular complexity index is 1250. The van der Waals surface area contributed by atoms with E-state index in [9.17, 15) is 18.0 Å². The zero-order chi connectivity index (χ0) is 23.5. The predicted molar refractivity (Wildman–Crippen MR) is 117 cm³/mol. The third-order valence-corrected chi connectivity index (χ3v) is 6.25. The second kappa shape index (κ2) is 9.28. The number of rotatable bonds is 7. The smallest absolute Gasteiger partial charge is 0.340 e. The summed E-state index contributed by atoms with van der Waals surface area (Å²) in [5.41, 5.74) is 2.21. The van der Waals surface area contributed by atoms with Crippen molar-refractivity contribution in [1.29, 1.82) is 0 Å². The highest BCUT2D eigenvalue weighted by molar-refractivity contribution is 7.89. The van der Waals surface area contributed by atoms with E-state index in [1.807, 2.05) is 19.9 Å². The van der Waals surface area contributed by atoms with Crippen molar-refractivity contribution in [3.05, 3.63) is 65.6 Å². The summed E-state index contributed by atoms with van der Waals surface area (Å²) in [7, 11) is -0.808. The van der Waals surface area contributed by atoms with Crippen LogP contribution in [0.25, 0.3) is 5.82 Å². The van der Waals surface area contributed by atoms with Crippen LogP contribution in [0.1, 0.15) is 21.7 Å². The molecular formula is C21H23N5O5S. The number of benzene rings is 1. The molecule has 0 aliphatic heterocycles. The van der Waals surface area contributed by atoms with Gasteiger partial charge in [0.1, 0.15) is 0 Å². The number of hydrogen-bond acceptors (Lipinski definition) is 7. The van der Waals surface area contributed by atoms with E-state index in [2.05, 4.69) is 15.4 Å². The molecule has 3 aromatic rings. The van der Waals surface area contributed by atoms with Crippen LogP contribution in [0.15, 0.2) is 53.6 Å².